The van der Waals surface area contributed by atoms with Crippen LogP contribution in [-0.4, -0.2) is 50.6 Å². The highest BCUT2D eigenvalue weighted by Crippen LogP contribution is 2.22. The zero-order valence-corrected chi connectivity index (χ0v) is 19.9. The van der Waals surface area contributed by atoms with Crippen molar-refractivity contribution in [2.24, 2.45) is 0 Å². The number of carbonyl (C=O) groups excluding carboxylic acids is 1. The van der Waals surface area contributed by atoms with Crippen LogP contribution in [0.3, 0.4) is 0 Å². The number of nitrogens with zero attached hydrogens (tertiary/aromatic N) is 2. The number of amides is 1. The third-order valence-corrected chi connectivity index (χ3v) is 5.67. The number of benzene rings is 2. The summed E-state index contributed by atoms with van der Waals surface area (Å²) in [4.78, 5) is 56.0. The molecule has 10 nitrogen and oxygen atoms in total. The number of hydrogen-bond donors (Lipinski definition) is 4. The molecule has 0 bridgehead atoms. The summed E-state index contributed by atoms with van der Waals surface area (Å²) in [7, 11) is 0. The maximum Gasteiger partial charge on any atom is 0.326 e. The number of terminal acetylenes is 1. The highest BCUT2D eigenvalue weighted by molar-refractivity contribution is 5.97. The molecule has 2 aromatic carbocycles. The molecule has 0 aliphatic rings. The first-order chi connectivity index (χ1) is 17.1. The SMILES string of the molecule is C.C#CCN(Cc1cc2c(=O)[nH]c(C)nc2cc1C)c1ccc(C(=O)N[C@@H](CCC(=O)O)C(=O)O)cc1. The van der Waals surface area contributed by atoms with E-state index in [2.05, 4.69) is 21.2 Å². The minimum absolute atomic E-state index is 0. The summed E-state index contributed by atoms with van der Waals surface area (Å²) < 4.78 is 0. The topological polar surface area (TPSA) is 153 Å². The standard InChI is InChI=1S/C26H26N4O6.CH4/c1-4-11-30(14-18-13-20-22(12-15(18)2)27-16(3)28-25(20)34)19-7-5-17(6-8-19)24(33)29-21(26(35)36)9-10-23(31)32;/h1,5-8,12-13,21H,9-11,14H2,2-3H3,(H,29,33)(H,31,32)(H,35,36)(H,27,28,34);1H4/t21-;/m0./s1. The van der Waals surface area contributed by atoms with Crippen LogP contribution in [0.5, 0.6) is 0 Å². The number of nitrogens with one attached hydrogen (secondary N) is 2. The van der Waals surface area contributed by atoms with Gasteiger partial charge in [-0.3, -0.25) is 14.4 Å². The third kappa shape index (κ3) is 7.18. The number of carbonyl (C=O) groups is 3. The summed E-state index contributed by atoms with van der Waals surface area (Å²) in [5, 5.41) is 20.9. The van der Waals surface area contributed by atoms with Crippen molar-refractivity contribution < 1.29 is 24.6 Å². The highest BCUT2D eigenvalue weighted by atomic mass is 16.4. The third-order valence-electron chi connectivity index (χ3n) is 5.67. The molecular weight excluding hydrogens is 476 g/mol. The number of fused-ring (bicyclic) bond motifs is 1. The molecule has 10 heteroatoms. The van der Waals surface area contributed by atoms with Gasteiger partial charge in [0.15, 0.2) is 0 Å². The highest BCUT2D eigenvalue weighted by Gasteiger charge is 2.22. The number of carboxylic acid groups (broad SMARTS) is 2. The van der Waals surface area contributed by atoms with Crippen LogP contribution in [0.2, 0.25) is 0 Å². The van der Waals surface area contributed by atoms with Crippen molar-refractivity contribution in [3.05, 3.63) is 69.3 Å². The van der Waals surface area contributed by atoms with E-state index < -0.39 is 23.9 Å². The monoisotopic (exact) mass is 506 g/mol. The Labute approximate surface area is 214 Å². The maximum absolute atomic E-state index is 12.5. The van der Waals surface area contributed by atoms with E-state index in [0.717, 1.165) is 16.8 Å². The van der Waals surface area contributed by atoms with Crippen molar-refractivity contribution in [3.63, 3.8) is 0 Å². The number of aromatic amines is 1. The van der Waals surface area contributed by atoms with Crippen LogP contribution < -0.4 is 15.8 Å². The van der Waals surface area contributed by atoms with Gasteiger partial charge in [-0.15, -0.1) is 6.42 Å². The van der Waals surface area contributed by atoms with Gasteiger partial charge in [-0.1, -0.05) is 13.3 Å². The lowest BCUT2D eigenvalue weighted by molar-refractivity contribution is -0.140. The Balaban J connectivity index is 0.00000481. The molecule has 3 aromatic rings. The predicted octanol–water partition coefficient (Wildman–Crippen LogP) is 2.86. The minimum atomic E-state index is -1.32. The smallest absolute Gasteiger partial charge is 0.326 e. The van der Waals surface area contributed by atoms with Crippen LogP contribution in [0.25, 0.3) is 10.9 Å². The van der Waals surface area contributed by atoms with Crippen molar-refractivity contribution in [1.82, 2.24) is 15.3 Å². The molecule has 0 unspecified atom stereocenters. The van der Waals surface area contributed by atoms with Gasteiger partial charge in [-0.05, 0) is 67.8 Å². The molecule has 0 radical (unpaired) electrons. The number of anilines is 1. The average Bonchev–Trinajstić information content (AvgIpc) is 2.81. The number of carboxylic acids is 2. The summed E-state index contributed by atoms with van der Waals surface area (Å²) in [6, 6.07) is 8.79. The Morgan fingerprint density at radius 3 is 2.43 bits per heavy atom. The number of rotatable bonds is 10. The van der Waals surface area contributed by atoms with E-state index in [-0.39, 0.29) is 37.9 Å². The van der Waals surface area contributed by atoms with Crippen LogP contribution in [0.4, 0.5) is 5.69 Å². The van der Waals surface area contributed by atoms with Crippen molar-refractivity contribution in [3.8, 4) is 12.3 Å². The van der Waals surface area contributed by atoms with Crippen molar-refractivity contribution in [2.45, 2.75) is 46.7 Å². The molecular formula is C27H30N4O6. The molecule has 0 aliphatic carbocycles. The predicted molar refractivity (Wildman–Crippen MR) is 141 cm³/mol. The van der Waals surface area contributed by atoms with E-state index >= 15 is 0 Å². The minimum Gasteiger partial charge on any atom is -0.481 e. The molecule has 0 fully saturated rings. The number of hydrogen-bond acceptors (Lipinski definition) is 6. The van der Waals surface area contributed by atoms with Crippen molar-refractivity contribution in [2.75, 3.05) is 11.4 Å². The van der Waals surface area contributed by atoms with E-state index in [9.17, 15) is 24.3 Å². The molecule has 1 aromatic heterocycles. The molecule has 4 N–H and O–H groups in total. The first kappa shape index (κ1) is 28.6. The maximum atomic E-state index is 12.5. The number of aryl methyl sites for hydroxylation is 2. The number of aliphatic carboxylic acids is 2. The molecule has 37 heavy (non-hydrogen) atoms. The van der Waals surface area contributed by atoms with Gasteiger partial charge in [0.05, 0.1) is 17.4 Å². The van der Waals surface area contributed by atoms with E-state index in [1.54, 1.807) is 25.1 Å². The zero-order chi connectivity index (χ0) is 26.4. The summed E-state index contributed by atoms with van der Waals surface area (Å²) in [5.41, 5.74) is 3.16. The second-order valence-electron chi connectivity index (χ2n) is 8.35. The van der Waals surface area contributed by atoms with Gasteiger partial charge in [0, 0.05) is 24.2 Å². The fourth-order valence-corrected chi connectivity index (χ4v) is 3.77. The Bertz CT molecular complexity index is 1410. The lowest BCUT2D eigenvalue weighted by Crippen LogP contribution is -2.41. The molecule has 194 valence electrons. The Hall–Kier alpha value is -4.65. The summed E-state index contributed by atoms with van der Waals surface area (Å²) in [6.45, 7) is 4.32. The van der Waals surface area contributed by atoms with E-state index in [4.69, 9.17) is 11.5 Å². The molecule has 1 amide bonds. The van der Waals surface area contributed by atoms with Gasteiger partial charge in [0.25, 0.3) is 11.5 Å². The molecule has 1 atom stereocenters. The molecule has 0 saturated carbocycles. The summed E-state index contributed by atoms with van der Waals surface area (Å²) >= 11 is 0. The molecule has 0 aliphatic heterocycles. The van der Waals surface area contributed by atoms with E-state index in [0.29, 0.717) is 23.3 Å². The molecule has 1 heterocycles. The summed E-state index contributed by atoms with van der Waals surface area (Å²) in [5.74, 6) is 0.0652. The zero-order valence-electron chi connectivity index (χ0n) is 19.9. The average molecular weight is 507 g/mol. The normalized spacial score (nSPS) is 11.2. The van der Waals surface area contributed by atoms with Gasteiger partial charge in [-0.25, -0.2) is 9.78 Å². The van der Waals surface area contributed by atoms with Gasteiger partial charge in [-0.2, -0.15) is 0 Å². The van der Waals surface area contributed by atoms with Crippen LogP contribution in [0.15, 0.2) is 41.2 Å². The van der Waals surface area contributed by atoms with Crippen LogP contribution >= 0.6 is 0 Å². The summed E-state index contributed by atoms with van der Waals surface area (Å²) in [6.07, 6.45) is 4.97. The number of aromatic nitrogens is 2. The Morgan fingerprint density at radius 2 is 1.84 bits per heavy atom. The van der Waals surface area contributed by atoms with Crippen LogP contribution in [0, 0.1) is 26.2 Å². The first-order valence-corrected chi connectivity index (χ1v) is 11.1. The van der Waals surface area contributed by atoms with Crippen molar-refractivity contribution in [1.29, 1.82) is 0 Å². The van der Waals surface area contributed by atoms with E-state index in [1.165, 1.54) is 12.1 Å². The first-order valence-electron chi connectivity index (χ1n) is 11.1. The fraction of sp³-hybridized carbons (Fsp3) is 0.296. The largest absolute Gasteiger partial charge is 0.481 e. The van der Waals surface area contributed by atoms with Gasteiger partial charge >= 0.3 is 11.9 Å². The Kier molecular flexibility index (Phi) is 9.54. The second kappa shape index (κ2) is 12.4. The van der Waals surface area contributed by atoms with Gasteiger partial charge in [0.1, 0.15) is 11.9 Å². The van der Waals surface area contributed by atoms with Gasteiger partial charge in [0.2, 0.25) is 0 Å². The molecule has 3 rings (SSSR count). The molecule has 0 saturated heterocycles. The molecule has 0 spiro atoms. The lowest BCUT2D eigenvalue weighted by Gasteiger charge is -2.24. The Morgan fingerprint density at radius 1 is 1.16 bits per heavy atom. The van der Waals surface area contributed by atoms with Gasteiger partial charge < -0.3 is 25.4 Å². The quantitative estimate of drug-likeness (QED) is 0.306. The fourth-order valence-electron chi connectivity index (χ4n) is 3.77. The second-order valence-corrected chi connectivity index (χ2v) is 8.35. The van der Waals surface area contributed by atoms with Crippen LogP contribution in [-0.2, 0) is 16.1 Å². The van der Waals surface area contributed by atoms with Crippen LogP contribution in [0.1, 0.15) is 47.6 Å². The number of H-pyrrole nitrogens is 1. The lowest BCUT2D eigenvalue weighted by atomic mass is 10.0. The van der Waals surface area contributed by atoms with Crippen molar-refractivity contribution >= 4 is 34.4 Å². The van der Waals surface area contributed by atoms with E-state index in [1.807, 2.05) is 17.9 Å².